The van der Waals surface area contributed by atoms with E-state index >= 15 is 0 Å². The molecule has 6 unspecified atom stereocenters. The lowest BCUT2D eigenvalue weighted by Gasteiger charge is -2.66. The molecular weight excluding hydrogens is 532 g/mol. The largest absolute Gasteiger partial charge is 0.455 e. The van der Waals surface area contributed by atoms with Crippen LogP contribution in [0, 0.1) is 64.1 Å². The van der Waals surface area contributed by atoms with Crippen molar-refractivity contribution in [2.24, 2.45) is 64.1 Å². The van der Waals surface area contributed by atoms with Crippen LogP contribution in [0.4, 0.5) is 0 Å². The average Bonchev–Trinajstić information content (AvgIpc) is 3.64. The van der Waals surface area contributed by atoms with E-state index in [1.807, 2.05) is 6.92 Å². The third-order valence-corrected chi connectivity index (χ3v) is 15.3. The fourth-order valence-corrected chi connectivity index (χ4v) is 14.8. The molecule has 10 rings (SSSR count). The van der Waals surface area contributed by atoms with Crippen LogP contribution in [0.1, 0.15) is 129 Å². The topological polar surface area (TPSA) is 52.6 Å². The van der Waals surface area contributed by atoms with Crippen LogP contribution in [0.5, 0.6) is 0 Å². The van der Waals surface area contributed by atoms with E-state index in [2.05, 4.69) is 20.1 Å². The van der Waals surface area contributed by atoms with Crippen molar-refractivity contribution >= 4 is 11.9 Å². The monoisotopic (exact) mass is 588 g/mol. The fourth-order valence-electron chi connectivity index (χ4n) is 14.8. The zero-order valence-electron chi connectivity index (χ0n) is 27.0. The summed E-state index contributed by atoms with van der Waals surface area (Å²) in [6.07, 6.45) is 24.3. The Labute approximate surface area is 260 Å². The van der Waals surface area contributed by atoms with Gasteiger partial charge in [0.1, 0.15) is 11.2 Å². The molecule has 10 aliphatic carbocycles. The van der Waals surface area contributed by atoms with Crippen molar-refractivity contribution in [3.63, 3.8) is 0 Å². The minimum Gasteiger partial charge on any atom is -0.455 e. The molecule has 0 aliphatic heterocycles. The van der Waals surface area contributed by atoms with E-state index in [1.54, 1.807) is 0 Å². The first-order valence-electron chi connectivity index (χ1n) is 18.3. The van der Waals surface area contributed by atoms with Gasteiger partial charge in [0.25, 0.3) is 0 Å². The summed E-state index contributed by atoms with van der Waals surface area (Å²) >= 11 is 0. The normalized spacial score (nSPS) is 51.1. The van der Waals surface area contributed by atoms with E-state index in [4.69, 9.17) is 9.47 Å². The molecule has 6 atom stereocenters. The Morgan fingerprint density at radius 1 is 0.721 bits per heavy atom. The molecule has 0 saturated heterocycles. The van der Waals surface area contributed by atoms with Crippen LogP contribution in [0.15, 0.2) is 24.8 Å². The summed E-state index contributed by atoms with van der Waals surface area (Å²) in [7, 11) is 0. The van der Waals surface area contributed by atoms with Gasteiger partial charge in [-0.25, -0.2) is 9.59 Å². The average molecular weight is 589 g/mol. The van der Waals surface area contributed by atoms with E-state index in [-0.39, 0.29) is 23.1 Å². The minimum absolute atomic E-state index is 0.143. The van der Waals surface area contributed by atoms with Crippen molar-refractivity contribution in [3.05, 3.63) is 24.8 Å². The van der Waals surface area contributed by atoms with Gasteiger partial charge in [0.05, 0.1) is 0 Å². The van der Waals surface area contributed by atoms with Crippen molar-refractivity contribution in [2.75, 3.05) is 0 Å². The Kier molecular flexibility index (Phi) is 6.68. The predicted octanol–water partition coefficient (Wildman–Crippen LogP) is 8.98. The van der Waals surface area contributed by atoms with E-state index in [0.29, 0.717) is 51.9 Å². The van der Waals surface area contributed by atoms with Gasteiger partial charge >= 0.3 is 11.9 Å². The Balaban J connectivity index is 1.03. The molecule has 0 aromatic rings. The molecule has 0 aromatic carbocycles. The van der Waals surface area contributed by atoms with Gasteiger partial charge in [-0.05, 0) is 144 Å². The van der Waals surface area contributed by atoms with Gasteiger partial charge in [0.15, 0.2) is 0 Å². The van der Waals surface area contributed by atoms with Crippen LogP contribution in [0.25, 0.3) is 0 Å². The van der Waals surface area contributed by atoms with Gasteiger partial charge in [-0.15, -0.1) is 0 Å². The maximum absolute atomic E-state index is 13.1. The first kappa shape index (κ1) is 28.9. The lowest BCUT2D eigenvalue weighted by Crippen LogP contribution is -2.65. The zero-order chi connectivity index (χ0) is 29.8. The number of rotatable bonds is 8. The lowest BCUT2D eigenvalue weighted by molar-refractivity contribution is -0.244. The second-order valence-corrected chi connectivity index (χ2v) is 18.1. The van der Waals surface area contributed by atoms with Gasteiger partial charge in [-0.3, -0.25) is 0 Å². The predicted molar refractivity (Wildman–Crippen MR) is 168 cm³/mol. The number of hydrogen-bond acceptors (Lipinski definition) is 4. The first-order valence-corrected chi connectivity index (χ1v) is 18.3. The maximum atomic E-state index is 13.1. The Morgan fingerprint density at radius 2 is 1.30 bits per heavy atom. The second kappa shape index (κ2) is 9.96. The molecule has 0 spiro atoms. The summed E-state index contributed by atoms with van der Waals surface area (Å²) in [6, 6.07) is 0. The van der Waals surface area contributed by atoms with E-state index in [9.17, 15) is 9.59 Å². The van der Waals surface area contributed by atoms with Crippen molar-refractivity contribution in [1.29, 1.82) is 0 Å². The van der Waals surface area contributed by atoms with Crippen molar-refractivity contribution in [1.82, 2.24) is 0 Å². The van der Waals surface area contributed by atoms with E-state index < -0.39 is 0 Å². The molecule has 10 fully saturated rings. The third-order valence-electron chi connectivity index (χ3n) is 15.3. The number of carbonyl (C=O) groups is 2. The Morgan fingerprint density at radius 3 is 1.88 bits per heavy atom. The van der Waals surface area contributed by atoms with Crippen LogP contribution < -0.4 is 0 Å². The highest BCUT2D eigenvalue weighted by molar-refractivity contribution is 5.87. The molecule has 43 heavy (non-hydrogen) atoms. The molecule has 0 aromatic heterocycles. The highest BCUT2D eigenvalue weighted by atomic mass is 16.6. The van der Waals surface area contributed by atoms with Crippen molar-refractivity contribution < 1.29 is 19.1 Å². The second-order valence-electron chi connectivity index (χ2n) is 18.1. The van der Waals surface area contributed by atoms with E-state index in [1.165, 1.54) is 122 Å². The third kappa shape index (κ3) is 4.33. The standard InChI is InChI=1S/C39H56O4/c1-5-34(40)42-39(30-13-26-14-31(39)21-36(4,17-26)20-30)29-11-10-25(12-29)18-37-19-27-15-32(22-37)38(33(16-27)23-37,28-8-6-7-9-28)43-35(41)24(2)3/h5,25-33H,1-2,6-23H2,3-4H3. The maximum Gasteiger partial charge on any atom is 0.333 e. The molecule has 4 nitrogen and oxygen atoms in total. The highest BCUT2D eigenvalue weighted by Crippen LogP contribution is 2.71. The molecular formula is C39H56O4. The highest BCUT2D eigenvalue weighted by Gasteiger charge is 2.68. The molecule has 0 heterocycles. The SMILES string of the molecule is C=CC(=O)OC1(C2CCC(CC34CC5CC(C3)C(OC(=O)C(=C)C)(C3CCCC3)C(C5)C4)C2)C2CC3CC1CC(C)(C3)C2. The van der Waals surface area contributed by atoms with Crippen LogP contribution in [0.2, 0.25) is 0 Å². The summed E-state index contributed by atoms with van der Waals surface area (Å²) in [5.74, 6) is 5.19. The number of carbonyl (C=O) groups excluding carboxylic acids is 2. The number of hydrogen-bond donors (Lipinski definition) is 0. The van der Waals surface area contributed by atoms with Crippen LogP contribution in [-0.2, 0) is 19.1 Å². The molecule has 0 N–H and O–H groups in total. The summed E-state index contributed by atoms with van der Waals surface area (Å²) in [6.45, 7) is 12.1. The molecule has 0 amide bonds. The van der Waals surface area contributed by atoms with Crippen LogP contribution in [-0.4, -0.2) is 23.1 Å². The lowest BCUT2D eigenvalue weighted by atomic mass is 9.41. The summed E-state index contributed by atoms with van der Waals surface area (Å²) in [4.78, 5) is 26.1. The van der Waals surface area contributed by atoms with E-state index in [0.717, 1.165) is 17.8 Å². The molecule has 236 valence electrons. The van der Waals surface area contributed by atoms with Crippen LogP contribution >= 0.6 is 0 Å². The molecule has 0 radical (unpaired) electrons. The van der Waals surface area contributed by atoms with Gasteiger partial charge in [0.2, 0.25) is 0 Å². The van der Waals surface area contributed by atoms with Crippen molar-refractivity contribution in [3.8, 4) is 0 Å². The molecule has 4 heteroatoms. The van der Waals surface area contributed by atoms with Gasteiger partial charge in [-0.1, -0.05) is 39.3 Å². The van der Waals surface area contributed by atoms with Gasteiger partial charge < -0.3 is 9.47 Å². The molecule has 10 saturated carbocycles. The number of esters is 2. The van der Waals surface area contributed by atoms with Gasteiger partial charge in [-0.2, -0.15) is 0 Å². The van der Waals surface area contributed by atoms with Crippen LogP contribution in [0.3, 0.4) is 0 Å². The smallest absolute Gasteiger partial charge is 0.333 e. The van der Waals surface area contributed by atoms with Gasteiger partial charge in [0, 0.05) is 35.3 Å². The quantitative estimate of drug-likeness (QED) is 0.210. The molecule has 8 bridgehead atoms. The summed E-state index contributed by atoms with van der Waals surface area (Å²) in [5, 5.41) is 0. The minimum atomic E-state index is -0.258. The summed E-state index contributed by atoms with van der Waals surface area (Å²) < 4.78 is 13.4. The molecule has 10 aliphatic rings. The Hall–Kier alpha value is -1.58. The zero-order valence-corrected chi connectivity index (χ0v) is 27.0. The first-order chi connectivity index (χ1) is 20.6. The summed E-state index contributed by atoms with van der Waals surface area (Å²) in [5.41, 5.74) is 0.924. The van der Waals surface area contributed by atoms with Crippen molar-refractivity contribution in [2.45, 2.75) is 141 Å². The Bertz CT molecular complexity index is 1160. The fraction of sp³-hybridized carbons (Fsp3) is 0.846. The number of ether oxygens (including phenoxy) is 2.